The van der Waals surface area contributed by atoms with Crippen molar-refractivity contribution in [2.75, 3.05) is 0 Å². The van der Waals surface area contributed by atoms with Gasteiger partial charge in [0.2, 0.25) is 0 Å². The summed E-state index contributed by atoms with van der Waals surface area (Å²) < 4.78 is 10.1. The molecular formula is C27H63LiSiSn2+2. The molecule has 0 fully saturated rings. The average molecular weight is 660 g/mol. The second kappa shape index (κ2) is 37.0. The Labute approximate surface area is 229 Å². The zero-order valence-corrected chi connectivity index (χ0v) is 30.9. The zero-order chi connectivity index (χ0) is 23.5. The topological polar surface area (TPSA) is 0 Å². The summed E-state index contributed by atoms with van der Waals surface area (Å²) in [5.41, 5.74) is 0. The van der Waals surface area contributed by atoms with E-state index in [0.29, 0.717) is 0 Å². The van der Waals surface area contributed by atoms with E-state index in [1.807, 2.05) is 0 Å². The van der Waals surface area contributed by atoms with Gasteiger partial charge in [0, 0.05) is 8.80 Å². The van der Waals surface area contributed by atoms with Gasteiger partial charge in [-0.1, -0.05) is 19.6 Å². The summed E-state index contributed by atoms with van der Waals surface area (Å²) in [4.78, 5) is 0. The van der Waals surface area contributed by atoms with Crippen molar-refractivity contribution in [1.29, 1.82) is 0 Å². The third-order valence-electron chi connectivity index (χ3n) is 5.30. The molecule has 0 aromatic rings. The first-order valence-corrected chi connectivity index (χ1v) is 29.0. The molecule has 0 aliphatic rings. The Kier molecular flexibility index (Phi) is 48.4. The fourth-order valence-electron chi connectivity index (χ4n) is 3.31. The van der Waals surface area contributed by atoms with Gasteiger partial charge in [-0.3, -0.25) is 0 Å². The predicted molar refractivity (Wildman–Crippen MR) is 153 cm³/mol. The van der Waals surface area contributed by atoms with Crippen LogP contribution in [-0.2, 0) is 0 Å². The summed E-state index contributed by atoms with van der Waals surface area (Å²) in [6.07, 6.45) is 17.7. The van der Waals surface area contributed by atoms with Gasteiger partial charge < -0.3 is 0 Å². The molecule has 0 aliphatic heterocycles. The minimum atomic E-state index is -0.839. The van der Waals surface area contributed by atoms with Crippen LogP contribution in [0.4, 0.5) is 0 Å². The smallest absolute Gasteiger partial charge is 0.0715 e. The minimum Gasteiger partial charge on any atom is -0.0715 e. The molecule has 0 nitrogen and oxygen atoms in total. The van der Waals surface area contributed by atoms with Crippen LogP contribution in [0, 0.1) is 0 Å². The van der Waals surface area contributed by atoms with Crippen molar-refractivity contribution >= 4 is 48.3 Å². The Hall–Kier alpha value is 2.41. The maximum absolute atomic E-state index is 2.33. The van der Waals surface area contributed by atoms with Crippen LogP contribution in [0.25, 0.3) is 0 Å². The Morgan fingerprint density at radius 2 is 0.710 bits per heavy atom. The quantitative estimate of drug-likeness (QED) is 0.130. The fraction of sp³-hybridized carbons (Fsp3) is 1.00. The Morgan fingerprint density at radius 1 is 0.484 bits per heavy atom. The molecule has 0 N–H and O–H groups in total. The molecule has 0 aromatic heterocycles. The summed E-state index contributed by atoms with van der Waals surface area (Å²) >= 11 is -1.68. The molecule has 0 aliphatic carbocycles. The van der Waals surface area contributed by atoms with Crippen molar-refractivity contribution in [2.45, 2.75) is 165 Å². The van der Waals surface area contributed by atoms with Gasteiger partial charge in [0.15, 0.2) is 0 Å². The summed E-state index contributed by atoms with van der Waals surface area (Å²) in [6, 6.07) is 0. The number of hydrogen-bond donors (Lipinski definition) is 0. The fourth-order valence-corrected chi connectivity index (χ4v) is 22.2. The maximum atomic E-state index is 2.33. The van der Waals surface area contributed by atoms with Gasteiger partial charge in [0.25, 0.3) is 0 Å². The normalized spacial score (nSPS) is 10.2. The molecule has 0 saturated carbocycles. The zero-order valence-electron chi connectivity index (χ0n) is 24.2. The molecule has 0 saturated heterocycles. The van der Waals surface area contributed by atoms with Crippen LogP contribution in [0.3, 0.4) is 0 Å². The molecule has 4 heteroatoms. The van der Waals surface area contributed by atoms with Crippen molar-refractivity contribution in [3.63, 3.8) is 0 Å². The second-order valence-electron chi connectivity index (χ2n) is 9.62. The third kappa shape index (κ3) is 43.0. The first kappa shape index (κ1) is 40.6. The van der Waals surface area contributed by atoms with Crippen LogP contribution in [-0.4, -0.2) is 48.3 Å². The summed E-state index contributed by atoms with van der Waals surface area (Å²) in [5.74, 6) is 0. The Bertz CT molecular complexity index is 213. The molecule has 0 aromatic carbocycles. The second-order valence-corrected chi connectivity index (χ2v) is 29.7. The minimum absolute atomic E-state index is 0. The number of rotatable bonds is 18. The molecule has 0 bridgehead atoms. The largest absolute Gasteiger partial charge is 1.00 e. The standard InChI is InChI=1S/6C4H9.C3H9Si.Li.2Sn/c6*1-3-4-2;1-4(2)3;;;/h6*1,3-4H2,2H3;1-3H3;;;/q;;;;;;;+1;;+1. The van der Waals surface area contributed by atoms with E-state index >= 15 is 0 Å². The molecule has 0 rings (SSSR count). The van der Waals surface area contributed by atoms with Crippen molar-refractivity contribution in [1.82, 2.24) is 0 Å². The van der Waals surface area contributed by atoms with Gasteiger partial charge in [0.05, 0.1) is 0 Å². The van der Waals surface area contributed by atoms with E-state index in [0.717, 1.165) is 0 Å². The van der Waals surface area contributed by atoms with Crippen LogP contribution in [0.1, 0.15) is 119 Å². The van der Waals surface area contributed by atoms with Crippen molar-refractivity contribution < 1.29 is 18.9 Å². The monoisotopic (exact) mass is 662 g/mol. The van der Waals surface area contributed by atoms with Gasteiger partial charge in [-0.2, -0.15) is 0 Å². The molecule has 0 unspecified atom stereocenters. The van der Waals surface area contributed by atoms with Crippen molar-refractivity contribution in [3.05, 3.63) is 0 Å². The van der Waals surface area contributed by atoms with E-state index in [-0.39, 0.29) is 27.7 Å². The number of hydrogen-bond acceptors (Lipinski definition) is 0. The SMILES string of the molecule is CCC[CH2][Sn+]([CH2]CCC)[CH2]CCC.CCC[CH2][Sn]([CH2]CCC)[CH2]CCC.C[Si](C)C.[Li+]. The van der Waals surface area contributed by atoms with E-state index in [1.54, 1.807) is 26.6 Å². The van der Waals surface area contributed by atoms with E-state index < -0.39 is 39.5 Å². The maximum Gasteiger partial charge on any atom is 1.00 e. The van der Waals surface area contributed by atoms with Gasteiger partial charge in [-0.25, -0.2) is 0 Å². The molecular weight excluding hydrogens is 597 g/mol. The molecule has 0 amide bonds. The van der Waals surface area contributed by atoms with Crippen molar-refractivity contribution in [3.8, 4) is 0 Å². The van der Waals surface area contributed by atoms with Gasteiger partial charge >= 0.3 is 204 Å². The molecule has 0 heterocycles. The average Bonchev–Trinajstić information content (AvgIpc) is 2.72. The van der Waals surface area contributed by atoms with Crippen molar-refractivity contribution in [2.24, 2.45) is 0 Å². The van der Waals surface area contributed by atoms with E-state index in [4.69, 9.17) is 0 Å². The molecule has 182 valence electrons. The van der Waals surface area contributed by atoms with Crippen LogP contribution in [0.15, 0.2) is 0 Å². The van der Waals surface area contributed by atoms with E-state index in [9.17, 15) is 0 Å². The van der Waals surface area contributed by atoms with Crippen LogP contribution in [0.5, 0.6) is 0 Å². The summed E-state index contributed by atoms with van der Waals surface area (Å²) in [5, 5.41) is 0. The number of unbranched alkanes of at least 4 members (excludes halogenated alkanes) is 6. The van der Waals surface area contributed by atoms with Crippen LogP contribution in [0.2, 0.25) is 46.3 Å². The first-order valence-electron chi connectivity index (χ1n) is 13.9. The van der Waals surface area contributed by atoms with Crippen LogP contribution < -0.4 is 18.9 Å². The van der Waals surface area contributed by atoms with Gasteiger partial charge in [-0.05, 0) is 0 Å². The van der Waals surface area contributed by atoms with Crippen LogP contribution >= 0.6 is 0 Å². The molecule has 0 spiro atoms. The summed E-state index contributed by atoms with van der Waals surface area (Å²) in [6.45, 7) is 20.8. The molecule has 31 heavy (non-hydrogen) atoms. The summed E-state index contributed by atoms with van der Waals surface area (Å²) in [7, 11) is 0.120. The molecule has 0 atom stereocenters. The molecule has 2 radical (unpaired) electrons. The Morgan fingerprint density at radius 3 is 0.903 bits per heavy atom. The predicted octanol–water partition coefficient (Wildman–Crippen LogP) is 8.14. The van der Waals surface area contributed by atoms with E-state index in [1.165, 1.54) is 77.0 Å². The Balaban J connectivity index is -0.000000195. The van der Waals surface area contributed by atoms with E-state index in [2.05, 4.69) is 61.2 Å². The van der Waals surface area contributed by atoms with Gasteiger partial charge in [0.1, 0.15) is 0 Å². The first-order chi connectivity index (χ1) is 14.4. The third-order valence-corrected chi connectivity index (χ3v) is 23.5. The van der Waals surface area contributed by atoms with Gasteiger partial charge in [-0.15, -0.1) is 0 Å².